The van der Waals surface area contributed by atoms with Crippen LogP contribution in [0.3, 0.4) is 0 Å². The lowest BCUT2D eigenvalue weighted by atomic mass is 10.0. The first-order chi connectivity index (χ1) is 15.0. The summed E-state index contributed by atoms with van der Waals surface area (Å²) in [7, 11) is 1.58. The Kier molecular flexibility index (Phi) is 5.49. The van der Waals surface area contributed by atoms with Crippen molar-refractivity contribution < 1.29 is 9.53 Å². The summed E-state index contributed by atoms with van der Waals surface area (Å²) in [5.74, 6) is 0.372. The Morgan fingerprint density at radius 2 is 1.94 bits per heavy atom. The number of ketones is 1. The zero-order valence-electron chi connectivity index (χ0n) is 17.5. The number of Topliss-reactive ketones (excluding diaryl/α,β-unsaturated/α-hetero) is 1. The predicted molar refractivity (Wildman–Crippen MR) is 121 cm³/mol. The molecule has 4 aromatic rings. The molecule has 31 heavy (non-hydrogen) atoms. The molecule has 4 rings (SSSR count). The molecule has 156 valence electrons. The van der Waals surface area contributed by atoms with E-state index in [0.717, 1.165) is 10.8 Å². The molecular weight excluding hydrogens is 392 g/mol. The summed E-state index contributed by atoms with van der Waals surface area (Å²) in [6.45, 7) is 3.62. The molecule has 1 N–H and O–H groups in total. The molecule has 0 bridgehead atoms. The van der Waals surface area contributed by atoms with E-state index in [9.17, 15) is 9.59 Å². The highest BCUT2D eigenvalue weighted by Crippen LogP contribution is 2.31. The van der Waals surface area contributed by atoms with E-state index < -0.39 is 0 Å². The van der Waals surface area contributed by atoms with Gasteiger partial charge in [0.25, 0.3) is 5.56 Å². The second-order valence-electron chi connectivity index (χ2n) is 7.04. The zero-order chi connectivity index (χ0) is 22.0. The summed E-state index contributed by atoms with van der Waals surface area (Å²) in [6.07, 6.45) is 3.40. The lowest BCUT2D eigenvalue weighted by Gasteiger charge is -2.17. The van der Waals surface area contributed by atoms with Gasteiger partial charge in [-0.05, 0) is 26.0 Å². The summed E-state index contributed by atoms with van der Waals surface area (Å²) in [4.78, 5) is 30.2. The number of aromatic nitrogens is 3. The van der Waals surface area contributed by atoms with Gasteiger partial charge in [-0.2, -0.15) is 5.10 Å². The number of pyridine rings is 1. The van der Waals surface area contributed by atoms with Gasteiger partial charge in [-0.15, -0.1) is 0 Å². The molecule has 0 spiro atoms. The molecule has 0 radical (unpaired) electrons. The largest absolute Gasteiger partial charge is 0.497 e. The van der Waals surface area contributed by atoms with E-state index in [0.29, 0.717) is 29.2 Å². The van der Waals surface area contributed by atoms with Crippen LogP contribution in [0.5, 0.6) is 5.75 Å². The molecular formula is C24H22N4O3. The maximum absolute atomic E-state index is 13.2. The first kappa shape index (κ1) is 20.3. The Morgan fingerprint density at radius 3 is 2.68 bits per heavy atom. The predicted octanol–water partition coefficient (Wildman–Crippen LogP) is 4.43. The summed E-state index contributed by atoms with van der Waals surface area (Å²) in [5.41, 5.74) is 1.79. The Hall–Kier alpha value is -4.00. The summed E-state index contributed by atoms with van der Waals surface area (Å²) in [6, 6.07) is 15.0. The maximum atomic E-state index is 13.2. The molecule has 0 fully saturated rings. The van der Waals surface area contributed by atoms with Crippen molar-refractivity contribution in [3.05, 3.63) is 76.8 Å². The van der Waals surface area contributed by atoms with Gasteiger partial charge in [0.1, 0.15) is 17.1 Å². The number of hydrogen-bond acceptors (Lipinski definition) is 6. The highest BCUT2D eigenvalue weighted by atomic mass is 16.5. The minimum absolute atomic E-state index is 0.181. The Bertz CT molecular complexity index is 1340. The van der Waals surface area contributed by atoms with Gasteiger partial charge in [-0.1, -0.05) is 36.4 Å². The molecule has 0 aliphatic heterocycles. The number of fused-ring (bicyclic) bond motifs is 1. The molecule has 2 aromatic heterocycles. The van der Waals surface area contributed by atoms with E-state index in [1.165, 1.54) is 11.6 Å². The highest BCUT2D eigenvalue weighted by molar-refractivity contribution is 6.06. The number of carbonyl (C=O) groups is 1. The third-order valence-electron chi connectivity index (χ3n) is 5.08. The molecule has 0 amide bonds. The van der Waals surface area contributed by atoms with Gasteiger partial charge >= 0.3 is 0 Å². The average Bonchev–Trinajstić information content (AvgIpc) is 2.80. The number of anilines is 2. The van der Waals surface area contributed by atoms with Crippen molar-refractivity contribution in [2.75, 3.05) is 12.4 Å². The fourth-order valence-electron chi connectivity index (χ4n) is 3.57. The highest BCUT2D eigenvalue weighted by Gasteiger charge is 2.22. The Balaban J connectivity index is 1.98. The molecule has 0 aliphatic carbocycles. The van der Waals surface area contributed by atoms with Crippen LogP contribution < -0.4 is 15.6 Å². The fourth-order valence-corrected chi connectivity index (χ4v) is 3.57. The molecule has 0 unspecified atom stereocenters. The smallest absolute Gasteiger partial charge is 0.291 e. The molecule has 0 aliphatic rings. The SMILES string of the molecule is CCn1nc(-c2cccc(OC)c2)c(C(C)=O)c(Nc2cncc3ccccc23)c1=O. The minimum Gasteiger partial charge on any atom is -0.497 e. The molecule has 0 atom stereocenters. The van der Waals surface area contributed by atoms with Gasteiger partial charge in [-0.3, -0.25) is 14.6 Å². The first-order valence-electron chi connectivity index (χ1n) is 9.93. The van der Waals surface area contributed by atoms with Crippen LogP contribution in [0.2, 0.25) is 0 Å². The summed E-state index contributed by atoms with van der Waals surface area (Å²) in [5, 5.41) is 9.51. The lowest BCUT2D eigenvalue weighted by molar-refractivity contribution is 0.101. The first-order valence-corrected chi connectivity index (χ1v) is 9.93. The molecule has 0 saturated heterocycles. The number of benzene rings is 2. The van der Waals surface area contributed by atoms with Crippen LogP contribution in [0.25, 0.3) is 22.0 Å². The third kappa shape index (κ3) is 3.77. The van der Waals surface area contributed by atoms with Crippen molar-refractivity contribution in [3.8, 4) is 17.0 Å². The fraction of sp³-hybridized carbons (Fsp3) is 0.167. The van der Waals surface area contributed by atoms with Crippen molar-refractivity contribution in [1.29, 1.82) is 0 Å². The van der Waals surface area contributed by atoms with Gasteiger partial charge < -0.3 is 10.1 Å². The van der Waals surface area contributed by atoms with E-state index in [1.54, 1.807) is 25.6 Å². The lowest BCUT2D eigenvalue weighted by Crippen LogP contribution is -2.28. The number of nitrogens with one attached hydrogen (secondary N) is 1. The quantitative estimate of drug-likeness (QED) is 0.470. The minimum atomic E-state index is -0.368. The second-order valence-corrected chi connectivity index (χ2v) is 7.04. The van der Waals surface area contributed by atoms with Crippen molar-refractivity contribution in [1.82, 2.24) is 14.8 Å². The number of ether oxygens (including phenoxy) is 1. The van der Waals surface area contributed by atoms with Crippen molar-refractivity contribution in [2.24, 2.45) is 0 Å². The van der Waals surface area contributed by atoms with E-state index >= 15 is 0 Å². The average molecular weight is 414 g/mol. The number of rotatable bonds is 6. The Morgan fingerprint density at radius 1 is 1.13 bits per heavy atom. The van der Waals surface area contributed by atoms with Crippen LogP contribution >= 0.6 is 0 Å². The topological polar surface area (TPSA) is 86.1 Å². The molecule has 2 heterocycles. The monoisotopic (exact) mass is 414 g/mol. The van der Waals surface area contributed by atoms with Crippen molar-refractivity contribution in [2.45, 2.75) is 20.4 Å². The van der Waals surface area contributed by atoms with E-state index in [1.807, 2.05) is 49.4 Å². The molecule has 7 nitrogen and oxygen atoms in total. The third-order valence-corrected chi connectivity index (χ3v) is 5.08. The normalized spacial score (nSPS) is 10.8. The Labute approximate surface area is 179 Å². The van der Waals surface area contributed by atoms with Crippen LogP contribution in [0, 0.1) is 0 Å². The van der Waals surface area contributed by atoms with Crippen LogP contribution in [0.1, 0.15) is 24.2 Å². The van der Waals surface area contributed by atoms with Gasteiger partial charge in [0.15, 0.2) is 5.78 Å². The number of methoxy groups -OCH3 is 1. The molecule has 2 aromatic carbocycles. The van der Waals surface area contributed by atoms with Gasteiger partial charge in [0.05, 0.1) is 24.6 Å². The zero-order valence-corrected chi connectivity index (χ0v) is 17.5. The van der Waals surface area contributed by atoms with Crippen molar-refractivity contribution >= 4 is 27.9 Å². The van der Waals surface area contributed by atoms with E-state index in [2.05, 4.69) is 15.4 Å². The van der Waals surface area contributed by atoms with Crippen LogP contribution in [0.15, 0.2) is 65.7 Å². The van der Waals surface area contributed by atoms with Gasteiger partial charge in [0, 0.05) is 29.1 Å². The van der Waals surface area contributed by atoms with Crippen LogP contribution in [-0.2, 0) is 6.54 Å². The molecule has 7 heteroatoms. The number of aryl methyl sites for hydroxylation is 1. The summed E-state index contributed by atoms with van der Waals surface area (Å²) >= 11 is 0. The van der Waals surface area contributed by atoms with Gasteiger partial charge in [-0.25, -0.2) is 4.68 Å². The number of hydrogen-bond donors (Lipinski definition) is 1. The summed E-state index contributed by atoms with van der Waals surface area (Å²) < 4.78 is 6.68. The second kappa shape index (κ2) is 8.39. The van der Waals surface area contributed by atoms with E-state index in [-0.39, 0.29) is 22.6 Å². The standard InChI is InChI=1S/C24H22N4O3/c1-4-28-24(30)23(26-20-14-25-13-17-8-5-6-11-19(17)20)21(15(2)29)22(27-28)16-9-7-10-18(12-16)31-3/h5-14,26H,4H2,1-3H3. The van der Waals surface area contributed by atoms with Gasteiger partial charge in [0.2, 0.25) is 0 Å². The number of nitrogens with zero attached hydrogens (tertiary/aromatic N) is 3. The van der Waals surface area contributed by atoms with E-state index in [4.69, 9.17) is 4.74 Å². The van der Waals surface area contributed by atoms with Crippen LogP contribution in [0.4, 0.5) is 11.4 Å². The maximum Gasteiger partial charge on any atom is 0.291 e. The van der Waals surface area contributed by atoms with Crippen molar-refractivity contribution in [3.63, 3.8) is 0 Å². The van der Waals surface area contributed by atoms with Crippen LogP contribution in [-0.4, -0.2) is 27.7 Å². The molecule has 0 saturated carbocycles. The number of carbonyl (C=O) groups excluding carboxylic acids is 1.